The standard InChI is InChI=1S/C11H23N3O/c1-4-11(3,10(15)13-12)14-8-6-5-7-9(14)2/h9H,4-8,12H2,1-3H3,(H,13,15)/t9-,11-/m1/s1. The number of nitrogens with two attached hydrogens (primary N) is 1. The van der Waals surface area contributed by atoms with Gasteiger partial charge >= 0.3 is 0 Å². The molecule has 1 heterocycles. The van der Waals surface area contributed by atoms with E-state index in [2.05, 4.69) is 17.2 Å². The van der Waals surface area contributed by atoms with Crippen molar-refractivity contribution in [2.45, 2.75) is 58.0 Å². The lowest BCUT2D eigenvalue weighted by Gasteiger charge is -2.45. The number of nitrogens with zero attached hydrogens (tertiary/aromatic N) is 1. The summed E-state index contributed by atoms with van der Waals surface area (Å²) in [5.41, 5.74) is 1.84. The predicted octanol–water partition coefficient (Wildman–Crippen LogP) is 1.02. The zero-order valence-electron chi connectivity index (χ0n) is 10.0. The zero-order chi connectivity index (χ0) is 11.5. The number of hydrogen-bond donors (Lipinski definition) is 2. The molecule has 1 aliphatic heterocycles. The van der Waals surface area contributed by atoms with Gasteiger partial charge in [-0.05, 0) is 39.7 Å². The van der Waals surface area contributed by atoms with Gasteiger partial charge in [-0.1, -0.05) is 13.3 Å². The van der Waals surface area contributed by atoms with Gasteiger partial charge in [0.25, 0.3) is 5.91 Å². The summed E-state index contributed by atoms with van der Waals surface area (Å²) in [6.45, 7) is 7.21. The molecule has 1 aliphatic rings. The van der Waals surface area contributed by atoms with Crippen molar-refractivity contribution in [3.05, 3.63) is 0 Å². The average molecular weight is 213 g/mol. The lowest BCUT2D eigenvalue weighted by atomic mass is 9.89. The van der Waals surface area contributed by atoms with Crippen molar-refractivity contribution in [2.24, 2.45) is 5.84 Å². The second-order valence-corrected chi connectivity index (χ2v) is 4.64. The second-order valence-electron chi connectivity index (χ2n) is 4.64. The Kier molecular flexibility index (Phi) is 4.11. The van der Waals surface area contributed by atoms with E-state index >= 15 is 0 Å². The van der Waals surface area contributed by atoms with E-state index in [1.807, 2.05) is 13.8 Å². The van der Waals surface area contributed by atoms with Crippen LogP contribution in [0.1, 0.15) is 46.5 Å². The Morgan fingerprint density at radius 3 is 2.73 bits per heavy atom. The van der Waals surface area contributed by atoms with Crippen molar-refractivity contribution in [2.75, 3.05) is 6.54 Å². The number of piperidine rings is 1. The van der Waals surface area contributed by atoms with E-state index in [-0.39, 0.29) is 5.91 Å². The molecule has 4 nitrogen and oxygen atoms in total. The summed E-state index contributed by atoms with van der Waals surface area (Å²) in [4.78, 5) is 14.1. The van der Waals surface area contributed by atoms with Crippen LogP contribution in [0.4, 0.5) is 0 Å². The van der Waals surface area contributed by atoms with Crippen LogP contribution in [0, 0.1) is 0 Å². The lowest BCUT2D eigenvalue weighted by Crippen LogP contribution is -2.61. The van der Waals surface area contributed by atoms with Gasteiger partial charge in [0, 0.05) is 6.04 Å². The molecule has 0 aromatic heterocycles. The first-order valence-corrected chi connectivity index (χ1v) is 5.84. The second kappa shape index (κ2) is 4.94. The number of hydrogen-bond acceptors (Lipinski definition) is 3. The molecule has 0 unspecified atom stereocenters. The third kappa shape index (κ3) is 2.32. The molecule has 1 rings (SSSR count). The highest BCUT2D eigenvalue weighted by molar-refractivity contribution is 5.85. The predicted molar refractivity (Wildman–Crippen MR) is 61.0 cm³/mol. The molecule has 1 amide bonds. The summed E-state index contributed by atoms with van der Waals surface area (Å²) in [5, 5.41) is 0. The van der Waals surface area contributed by atoms with Gasteiger partial charge in [-0.2, -0.15) is 0 Å². The van der Waals surface area contributed by atoms with Crippen LogP contribution in [0.3, 0.4) is 0 Å². The smallest absolute Gasteiger partial charge is 0.254 e. The van der Waals surface area contributed by atoms with Gasteiger partial charge in [-0.25, -0.2) is 5.84 Å². The third-order valence-electron chi connectivity index (χ3n) is 3.75. The van der Waals surface area contributed by atoms with Crippen molar-refractivity contribution < 1.29 is 4.79 Å². The first-order valence-electron chi connectivity index (χ1n) is 5.84. The number of hydrazine groups is 1. The number of nitrogens with one attached hydrogen (secondary N) is 1. The number of carbonyl (C=O) groups excluding carboxylic acids is 1. The van der Waals surface area contributed by atoms with Crippen LogP contribution in [0.5, 0.6) is 0 Å². The normalized spacial score (nSPS) is 27.1. The monoisotopic (exact) mass is 213 g/mol. The Balaban J connectivity index is 2.83. The molecule has 0 aliphatic carbocycles. The number of amides is 1. The van der Waals surface area contributed by atoms with Crippen molar-refractivity contribution in [3.8, 4) is 0 Å². The van der Waals surface area contributed by atoms with Crippen molar-refractivity contribution in [1.82, 2.24) is 10.3 Å². The van der Waals surface area contributed by atoms with E-state index in [0.29, 0.717) is 6.04 Å². The molecule has 0 aromatic rings. The fraction of sp³-hybridized carbons (Fsp3) is 0.909. The summed E-state index contributed by atoms with van der Waals surface area (Å²) in [6, 6.07) is 0.473. The maximum absolute atomic E-state index is 11.8. The maximum atomic E-state index is 11.8. The van der Waals surface area contributed by atoms with Crippen molar-refractivity contribution in [3.63, 3.8) is 0 Å². The summed E-state index contributed by atoms with van der Waals surface area (Å²) >= 11 is 0. The molecule has 1 saturated heterocycles. The largest absolute Gasteiger partial charge is 0.293 e. The molecule has 88 valence electrons. The van der Waals surface area contributed by atoms with Gasteiger partial charge in [-0.3, -0.25) is 15.1 Å². The van der Waals surface area contributed by atoms with Crippen LogP contribution in [0.2, 0.25) is 0 Å². The molecule has 15 heavy (non-hydrogen) atoms. The van der Waals surface area contributed by atoms with Crippen LogP contribution in [-0.4, -0.2) is 28.9 Å². The van der Waals surface area contributed by atoms with Crippen LogP contribution < -0.4 is 11.3 Å². The number of likely N-dealkylation sites (tertiary alicyclic amines) is 1. The zero-order valence-corrected chi connectivity index (χ0v) is 10.0. The van der Waals surface area contributed by atoms with E-state index in [1.54, 1.807) is 0 Å². The minimum absolute atomic E-state index is 0.0706. The van der Waals surface area contributed by atoms with E-state index in [0.717, 1.165) is 13.0 Å². The lowest BCUT2D eigenvalue weighted by molar-refractivity contribution is -0.135. The first-order chi connectivity index (χ1) is 7.06. The third-order valence-corrected chi connectivity index (χ3v) is 3.75. The molecule has 0 aromatic carbocycles. The topological polar surface area (TPSA) is 58.4 Å². The van der Waals surface area contributed by atoms with Crippen molar-refractivity contribution >= 4 is 5.91 Å². The Morgan fingerprint density at radius 2 is 2.27 bits per heavy atom. The van der Waals surface area contributed by atoms with Gasteiger partial charge in [0.15, 0.2) is 0 Å². The Bertz CT molecular complexity index is 232. The maximum Gasteiger partial charge on any atom is 0.254 e. The molecular formula is C11H23N3O. The van der Waals surface area contributed by atoms with Gasteiger partial charge in [0.1, 0.15) is 0 Å². The van der Waals surface area contributed by atoms with Crippen LogP contribution in [0.15, 0.2) is 0 Å². The molecule has 0 spiro atoms. The molecule has 1 fully saturated rings. The van der Waals surface area contributed by atoms with Gasteiger partial charge < -0.3 is 0 Å². The highest BCUT2D eigenvalue weighted by Crippen LogP contribution is 2.28. The Morgan fingerprint density at radius 1 is 1.60 bits per heavy atom. The number of rotatable bonds is 3. The Hall–Kier alpha value is -0.610. The van der Waals surface area contributed by atoms with E-state index in [1.165, 1.54) is 19.3 Å². The summed E-state index contributed by atoms with van der Waals surface area (Å²) in [5.74, 6) is 5.19. The van der Waals surface area contributed by atoms with Gasteiger partial charge in [0.2, 0.25) is 0 Å². The quantitative estimate of drug-likeness (QED) is 0.418. The Labute approximate surface area is 92.2 Å². The van der Waals surface area contributed by atoms with E-state index < -0.39 is 5.54 Å². The molecule has 0 saturated carbocycles. The van der Waals surface area contributed by atoms with Gasteiger partial charge in [0.05, 0.1) is 5.54 Å². The SMILES string of the molecule is CC[C@](C)(C(=O)NN)N1CCCC[C@H]1C. The van der Waals surface area contributed by atoms with Crippen molar-refractivity contribution in [1.29, 1.82) is 0 Å². The summed E-state index contributed by atoms with van der Waals surface area (Å²) in [6.07, 6.45) is 4.41. The molecular weight excluding hydrogens is 190 g/mol. The van der Waals surface area contributed by atoms with Crippen LogP contribution >= 0.6 is 0 Å². The van der Waals surface area contributed by atoms with Crippen LogP contribution in [-0.2, 0) is 4.79 Å². The highest BCUT2D eigenvalue weighted by Gasteiger charge is 2.40. The minimum atomic E-state index is -0.450. The molecule has 4 heteroatoms. The molecule has 0 bridgehead atoms. The number of carbonyl (C=O) groups is 1. The average Bonchev–Trinajstić information content (AvgIpc) is 2.27. The highest BCUT2D eigenvalue weighted by atomic mass is 16.2. The summed E-state index contributed by atoms with van der Waals surface area (Å²) < 4.78 is 0. The van der Waals surface area contributed by atoms with E-state index in [9.17, 15) is 4.79 Å². The van der Waals surface area contributed by atoms with Gasteiger partial charge in [-0.15, -0.1) is 0 Å². The first kappa shape index (κ1) is 12.5. The summed E-state index contributed by atoms with van der Waals surface area (Å²) in [7, 11) is 0. The van der Waals surface area contributed by atoms with E-state index in [4.69, 9.17) is 5.84 Å². The fourth-order valence-corrected chi connectivity index (χ4v) is 2.48. The van der Waals surface area contributed by atoms with Crippen LogP contribution in [0.25, 0.3) is 0 Å². The molecule has 0 radical (unpaired) electrons. The fourth-order valence-electron chi connectivity index (χ4n) is 2.48. The minimum Gasteiger partial charge on any atom is -0.293 e. The molecule has 3 N–H and O–H groups in total. The molecule has 2 atom stereocenters.